The first-order valence-electron chi connectivity index (χ1n) is 14.5. The Morgan fingerprint density at radius 2 is 0.930 bits per heavy atom. The third-order valence-electron chi connectivity index (χ3n) is 8.87. The number of aryl methyl sites for hydroxylation is 2. The molecular formula is C38H34N4Pt. The number of fused-ring (bicyclic) bond motifs is 10. The van der Waals surface area contributed by atoms with Crippen LogP contribution in [-0.4, -0.2) is 19.1 Å². The van der Waals surface area contributed by atoms with E-state index in [1.165, 1.54) is 11.1 Å². The normalized spacial score (nSPS) is 14.5. The smallest absolute Gasteiger partial charge is 0.297 e. The maximum absolute atomic E-state index is 5.41. The van der Waals surface area contributed by atoms with E-state index >= 15 is 0 Å². The van der Waals surface area contributed by atoms with Crippen LogP contribution in [-0.2, 0) is 31.9 Å². The molecule has 0 amide bonds. The summed E-state index contributed by atoms with van der Waals surface area (Å²) in [4.78, 5) is 10.8. The second-order valence-electron chi connectivity index (χ2n) is 12.4. The van der Waals surface area contributed by atoms with E-state index in [1.54, 1.807) is 0 Å². The fourth-order valence-corrected chi connectivity index (χ4v) is 5.97. The molecule has 6 aromatic rings. The predicted octanol–water partition coefficient (Wildman–Crippen LogP) is 8.57. The first kappa shape index (κ1) is 29.1. The Hall–Kier alpha value is -4.01. The van der Waals surface area contributed by atoms with Crippen molar-refractivity contribution in [3.05, 3.63) is 143 Å². The molecule has 0 atom stereocenters. The second kappa shape index (κ2) is 10.6. The molecule has 3 heterocycles. The Balaban J connectivity index is 0.00000329. The van der Waals surface area contributed by atoms with Gasteiger partial charge in [0.25, 0.3) is 0 Å². The fraction of sp³-hybridized carbons (Fsp3) is 0.211. The Morgan fingerprint density at radius 1 is 0.535 bits per heavy atom. The van der Waals surface area contributed by atoms with Crippen LogP contribution in [0.1, 0.15) is 61.3 Å². The van der Waals surface area contributed by atoms with Gasteiger partial charge in [-0.15, -0.1) is 23.3 Å². The molecule has 2 aromatic heterocycles. The zero-order valence-corrected chi connectivity index (χ0v) is 27.6. The average molecular weight is 742 g/mol. The molecule has 0 N–H and O–H groups in total. The molecule has 0 aliphatic carbocycles. The van der Waals surface area contributed by atoms with Crippen molar-refractivity contribution in [3.8, 4) is 34.2 Å². The van der Waals surface area contributed by atoms with Crippen molar-refractivity contribution in [3.63, 3.8) is 0 Å². The minimum absolute atomic E-state index is 0. The molecule has 0 saturated carbocycles. The van der Waals surface area contributed by atoms with Gasteiger partial charge in [-0.05, 0) is 37.1 Å². The first-order chi connectivity index (χ1) is 20.1. The average Bonchev–Trinajstić information content (AvgIpc) is 3.63. The maximum Gasteiger partial charge on any atom is 2.00 e. The molecule has 4 nitrogen and oxygen atoms in total. The topological polar surface area (TPSA) is 35.6 Å². The molecule has 0 unspecified atom stereocenters. The molecule has 0 fully saturated rings. The largest absolute Gasteiger partial charge is 2.00 e. The van der Waals surface area contributed by atoms with Crippen LogP contribution in [0.3, 0.4) is 0 Å². The van der Waals surface area contributed by atoms with Crippen LogP contribution >= 0.6 is 0 Å². The van der Waals surface area contributed by atoms with Gasteiger partial charge in [0.15, 0.2) is 11.6 Å². The van der Waals surface area contributed by atoms with Crippen LogP contribution in [0.5, 0.6) is 0 Å². The van der Waals surface area contributed by atoms with Crippen LogP contribution in [0, 0.1) is 26.0 Å². The molecule has 1 aliphatic heterocycles. The molecule has 0 spiro atoms. The van der Waals surface area contributed by atoms with Crippen LogP contribution in [0.2, 0.25) is 0 Å². The van der Waals surface area contributed by atoms with Crippen LogP contribution in [0.15, 0.2) is 97.3 Å². The molecule has 4 aromatic carbocycles. The molecular weight excluding hydrogens is 708 g/mol. The summed E-state index contributed by atoms with van der Waals surface area (Å²) >= 11 is 0. The van der Waals surface area contributed by atoms with Gasteiger partial charge in [0, 0.05) is 23.2 Å². The quantitative estimate of drug-likeness (QED) is 0.167. The van der Waals surface area contributed by atoms with E-state index in [2.05, 4.69) is 160 Å². The van der Waals surface area contributed by atoms with Crippen molar-refractivity contribution in [1.29, 1.82) is 0 Å². The molecule has 7 rings (SSSR count). The summed E-state index contributed by atoms with van der Waals surface area (Å²) in [7, 11) is 0. The van der Waals surface area contributed by atoms with Gasteiger partial charge in [-0.1, -0.05) is 64.1 Å². The number of rotatable bonds is 2. The molecule has 5 heteroatoms. The van der Waals surface area contributed by atoms with Crippen LogP contribution in [0.4, 0.5) is 0 Å². The number of imidazole rings is 2. The zero-order valence-electron chi connectivity index (χ0n) is 25.3. The first-order valence-corrected chi connectivity index (χ1v) is 14.5. The van der Waals surface area contributed by atoms with Crippen molar-refractivity contribution in [1.82, 2.24) is 19.1 Å². The predicted molar refractivity (Wildman–Crippen MR) is 169 cm³/mol. The third-order valence-corrected chi connectivity index (χ3v) is 8.87. The van der Waals surface area contributed by atoms with Gasteiger partial charge in [-0.2, -0.15) is 36.4 Å². The summed E-state index contributed by atoms with van der Waals surface area (Å²) in [6.45, 7) is 13.2. The van der Waals surface area contributed by atoms with Crippen molar-refractivity contribution < 1.29 is 21.1 Å². The number of aromatic nitrogens is 4. The Morgan fingerprint density at radius 3 is 1.33 bits per heavy atom. The van der Waals surface area contributed by atoms with Gasteiger partial charge in [-0.3, -0.25) is 9.13 Å². The standard InChI is InChI=1S/C38H34N4.Pt/c1-25-13-7-9-19-31(25)41-23-33-37(3,4)29-17-11-15-27(21-29)28-16-12-18-30(22-28)38(5,6)34-24-42(36(40-34)35(41)39-33)32-20-10-8-14-26(32)2;/h7-20,23-24H,1-6H3;/q-2;+2. The van der Waals surface area contributed by atoms with Crippen LogP contribution in [0.25, 0.3) is 34.2 Å². The molecule has 43 heavy (non-hydrogen) atoms. The van der Waals surface area contributed by atoms with E-state index in [0.717, 1.165) is 56.7 Å². The van der Waals surface area contributed by atoms with Gasteiger partial charge in [-0.25, -0.2) is 21.1 Å². The summed E-state index contributed by atoms with van der Waals surface area (Å²) in [5, 5.41) is 0. The zero-order chi connectivity index (χ0) is 29.2. The van der Waals surface area contributed by atoms with Crippen molar-refractivity contribution in [2.75, 3.05) is 0 Å². The van der Waals surface area contributed by atoms with E-state index in [0.29, 0.717) is 0 Å². The van der Waals surface area contributed by atoms with E-state index in [4.69, 9.17) is 9.97 Å². The van der Waals surface area contributed by atoms with Gasteiger partial charge in [0.2, 0.25) is 0 Å². The van der Waals surface area contributed by atoms with Gasteiger partial charge < -0.3 is 0 Å². The molecule has 0 saturated heterocycles. The Kier molecular flexibility index (Phi) is 7.17. The number of benzene rings is 4. The van der Waals surface area contributed by atoms with Crippen molar-refractivity contribution in [2.45, 2.75) is 52.4 Å². The number of hydrogen-bond acceptors (Lipinski definition) is 2. The third kappa shape index (κ3) is 4.73. The van der Waals surface area contributed by atoms with E-state index in [9.17, 15) is 0 Å². The molecule has 216 valence electrons. The van der Waals surface area contributed by atoms with Gasteiger partial charge in [0.05, 0.1) is 22.8 Å². The summed E-state index contributed by atoms with van der Waals surface area (Å²) < 4.78 is 4.44. The van der Waals surface area contributed by atoms with Crippen LogP contribution < -0.4 is 0 Å². The number of hydrogen-bond donors (Lipinski definition) is 0. The Bertz CT molecular complexity index is 1830. The summed E-state index contributed by atoms with van der Waals surface area (Å²) in [6, 6.07) is 37.2. The van der Waals surface area contributed by atoms with E-state index in [-0.39, 0.29) is 21.1 Å². The molecule has 0 radical (unpaired) electrons. The number of para-hydroxylation sites is 2. The Labute approximate surface area is 268 Å². The molecule has 8 bridgehead atoms. The molecule has 1 aliphatic rings. The second-order valence-corrected chi connectivity index (χ2v) is 12.4. The van der Waals surface area contributed by atoms with Gasteiger partial charge >= 0.3 is 21.1 Å². The van der Waals surface area contributed by atoms with Crippen molar-refractivity contribution >= 4 is 0 Å². The number of nitrogens with zero attached hydrogens (tertiary/aromatic N) is 4. The van der Waals surface area contributed by atoms with E-state index in [1.807, 2.05) is 0 Å². The fourth-order valence-electron chi connectivity index (χ4n) is 5.97. The maximum atomic E-state index is 5.41. The minimum atomic E-state index is -0.414. The summed E-state index contributed by atoms with van der Waals surface area (Å²) in [5.41, 5.74) is 9.84. The SMILES string of the molecule is Cc1ccccc1-n1cc2nc1-c1nc(cn1-c1ccccc1C)C(C)(C)c1[c-]c(ccc1)-c1[c-]c(ccc1)C2(C)C.[Pt+2]. The monoisotopic (exact) mass is 741 g/mol. The minimum Gasteiger partial charge on any atom is -0.297 e. The van der Waals surface area contributed by atoms with E-state index < -0.39 is 10.8 Å². The van der Waals surface area contributed by atoms with Crippen molar-refractivity contribution in [2.24, 2.45) is 0 Å². The summed E-state index contributed by atoms with van der Waals surface area (Å²) in [6.07, 6.45) is 4.37. The summed E-state index contributed by atoms with van der Waals surface area (Å²) in [5.74, 6) is 1.62. The van der Waals surface area contributed by atoms with Gasteiger partial charge in [0.1, 0.15) is 0 Å².